The van der Waals surface area contributed by atoms with Crippen molar-refractivity contribution in [2.45, 2.75) is 39.7 Å². The van der Waals surface area contributed by atoms with Gasteiger partial charge in [-0.1, -0.05) is 6.92 Å². The number of ketones is 1. The van der Waals surface area contributed by atoms with Crippen LogP contribution in [0.25, 0.3) is 0 Å². The zero-order valence-electron chi connectivity index (χ0n) is 15.3. The molecule has 144 valence electrons. The van der Waals surface area contributed by atoms with Gasteiger partial charge in [0.15, 0.2) is 0 Å². The molecule has 0 atom stereocenters. The molecule has 9 nitrogen and oxygen atoms in total. The van der Waals surface area contributed by atoms with E-state index < -0.39 is 17.0 Å². The average molecular weight is 367 g/mol. The van der Waals surface area contributed by atoms with Gasteiger partial charge in [-0.2, -0.15) is 0 Å². The maximum Gasteiger partial charge on any atom is 0.329 e. The SMILES string of the molecule is CCCn1c(N)c(C(=O)C[NH+]2CCC(C(=O)OCC)CC2)c(=O)[nH]c1=O. The number of nitrogens with two attached hydrogens (primary N) is 1. The first-order valence-electron chi connectivity index (χ1n) is 9.05. The van der Waals surface area contributed by atoms with Crippen molar-refractivity contribution in [1.29, 1.82) is 0 Å². The number of nitrogens with one attached hydrogen (secondary N) is 2. The molecular formula is C17H27N4O5+. The highest BCUT2D eigenvalue weighted by Gasteiger charge is 2.31. The third-order valence-corrected chi connectivity index (χ3v) is 4.69. The van der Waals surface area contributed by atoms with Crippen molar-refractivity contribution in [1.82, 2.24) is 9.55 Å². The Hall–Kier alpha value is -2.42. The number of Topliss-reactive ketones (excluding diaryl/α,β-unsaturated/α-hetero) is 1. The second kappa shape index (κ2) is 8.79. The number of likely N-dealkylation sites (tertiary alicyclic amines) is 1. The van der Waals surface area contributed by atoms with Gasteiger partial charge >= 0.3 is 11.7 Å². The molecule has 1 aliphatic rings. The van der Waals surface area contributed by atoms with E-state index in [1.54, 1.807) is 6.92 Å². The van der Waals surface area contributed by atoms with Crippen LogP contribution in [-0.2, 0) is 16.1 Å². The molecule has 1 aliphatic heterocycles. The zero-order valence-corrected chi connectivity index (χ0v) is 15.3. The maximum atomic E-state index is 12.6. The van der Waals surface area contributed by atoms with Crippen LogP contribution >= 0.6 is 0 Å². The minimum absolute atomic E-state index is 0.0774. The number of carbonyl (C=O) groups excluding carboxylic acids is 2. The van der Waals surface area contributed by atoms with Crippen LogP contribution in [0.3, 0.4) is 0 Å². The lowest BCUT2D eigenvalue weighted by molar-refractivity contribution is -0.897. The van der Waals surface area contributed by atoms with Crippen LogP contribution < -0.4 is 21.9 Å². The lowest BCUT2D eigenvalue weighted by atomic mass is 9.96. The molecule has 0 unspecified atom stereocenters. The van der Waals surface area contributed by atoms with Crippen molar-refractivity contribution in [2.24, 2.45) is 5.92 Å². The van der Waals surface area contributed by atoms with Crippen LogP contribution in [0.4, 0.5) is 5.82 Å². The van der Waals surface area contributed by atoms with Gasteiger partial charge in [-0.3, -0.25) is 23.9 Å². The molecular weight excluding hydrogens is 340 g/mol. The Kier molecular flexibility index (Phi) is 6.73. The molecule has 0 saturated carbocycles. The van der Waals surface area contributed by atoms with Gasteiger partial charge in [0.2, 0.25) is 5.78 Å². The van der Waals surface area contributed by atoms with Crippen LogP contribution in [0, 0.1) is 5.92 Å². The van der Waals surface area contributed by atoms with Crippen molar-refractivity contribution >= 4 is 17.6 Å². The first-order chi connectivity index (χ1) is 12.4. The fourth-order valence-electron chi connectivity index (χ4n) is 3.32. The highest BCUT2D eigenvalue weighted by atomic mass is 16.5. The third kappa shape index (κ3) is 4.40. The Morgan fingerprint density at radius 1 is 1.27 bits per heavy atom. The van der Waals surface area contributed by atoms with Crippen LogP contribution in [0.15, 0.2) is 9.59 Å². The number of nitrogens with zero attached hydrogens (tertiary/aromatic N) is 1. The number of anilines is 1. The molecule has 0 aliphatic carbocycles. The number of aromatic nitrogens is 2. The number of carbonyl (C=O) groups is 2. The molecule has 1 aromatic rings. The van der Waals surface area contributed by atoms with E-state index in [1.165, 1.54) is 4.57 Å². The minimum Gasteiger partial charge on any atom is -0.466 e. The quantitative estimate of drug-likeness (QED) is 0.400. The van der Waals surface area contributed by atoms with E-state index in [1.807, 2.05) is 6.92 Å². The van der Waals surface area contributed by atoms with Gasteiger partial charge in [0, 0.05) is 19.4 Å². The van der Waals surface area contributed by atoms with E-state index in [2.05, 4.69) is 4.98 Å². The molecule has 2 rings (SSSR count). The topological polar surface area (TPSA) is 129 Å². The first kappa shape index (κ1) is 19.9. The van der Waals surface area contributed by atoms with Gasteiger partial charge in [-0.05, 0) is 13.3 Å². The van der Waals surface area contributed by atoms with Gasteiger partial charge in [0.05, 0.1) is 25.6 Å². The van der Waals surface area contributed by atoms with E-state index in [4.69, 9.17) is 10.5 Å². The van der Waals surface area contributed by atoms with E-state index in [-0.39, 0.29) is 29.8 Å². The van der Waals surface area contributed by atoms with Crippen molar-refractivity contribution in [2.75, 3.05) is 32.0 Å². The summed E-state index contributed by atoms with van der Waals surface area (Å²) in [6.45, 7) is 5.73. The van der Waals surface area contributed by atoms with Crippen molar-refractivity contribution < 1.29 is 19.2 Å². The number of H-pyrrole nitrogens is 1. The molecule has 1 saturated heterocycles. The predicted molar refractivity (Wildman–Crippen MR) is 95.3 cm³/mol. The number of rotatable bonds is 7. The molecule has 0 amide bonds. The highest BCUT2D eigenvalue weighted by Crippen LogP contribution is 2.12. The molecule has 0 spiro atoms. The molecule has 1 fully saturated rings. The standard InChI is InChI=1S/C17H26N4O5/c1-3-7-21-14(18)13(15(23)19-17(21)25)12(22)10-20-8-5-11(6-9-20)16(24)26-4-2/h11H,3-10,18H2,1-2H3,(H,19,23,25)/p+1. The van der Waals surface area contributed by atoms with Gasteiger partial charge < -0.3 is 15.4 Å². The molecule has 0 aromatic carbocycles. The summed E-state index contributed by atoms with van der Waals surface area (Å²) in [5.74, 6) is -0.788. The van der Waals surface area contributed by atoms with Crippen LogP contribution in [0.1, 0.15) is 43.5 Å². The summed E-state index contributed by atoms with van der Waals surface area (Å²) < 4.78 is 6.26. The number of aromatic amines is 1. The van der Waals surface area contributed by atoms with Crippen LogP contribution in [-0.4, -0.2) is 47.5 Å². The molecule has 9 heteroatoms. The molecule has 1 aromatic heterocycles. The fourth-order valence-corrected chi connectivity index (χ4v) is 3.32. The number of ether oxygens (including phenoxy) is 1. The Labute approximate surface area is 151 Å². The first-order valence-corrected chi connectivity index (χ1v) is 9.05. The van der Waals surface area contributed by atoms with Gasteiger partial charge in [0.25, 0.3) is 5.56 Å². The lowest BCUT2D eigenvalue weighted by Crippen LogP contribution is -3.14. The monoisotopic (exact) mass is 367 g/mol. The van der Waals surface area contributed by atoms with E-state index in [0.717, 1.165) is 4.90 Å². The number of nitrogen functional groups attached to an aromatic ring is 1. The van der Waals surface area contributed by atoms with Crippen LogP contribution in [0.5, 0.6) is 0 Å². The maximum absolute atomic E-state index is 12.6. The van der Waals surface area contributed by atoms with Crippen LogP contribution in [0.2, 0.25) is 0 Å². The molecule has 4 N–H and O–H groups in total. The summed E-state index contributed by atoms with van der Waals surface area (Å²) in [7, 11) is 0. The number of esters is 1. The summed E-state index contributed by atoms with van der Waals surface area (Å²) in [6, 6.07) is 0. The van der Waals surface area contributed by atoms with Crippen molar-refractivity contribution in [3.05, 3.63) is 26.4 Å². The fraction of sp³-hybridized carbons (Fsp3) is 0.647. The summed E-state index contributed by atoms with van der Waals surface area (Å²) in [5.41, 5.74) is 4.42. The molecule has 0 radical (unpaired) electrons. The second-order valence-electron chi connectivity index (χ2n) is 6.55. The summed E-state index contributed by atoms with van der Waals surface area (Å²) in [6.07, 6.45) is 1.93. The Morgan fingerprint density at radius 3 is 2.50 bits per heavy atom. The largest absolute Gasteiger partial charge is 0.466 e. The number of piperidine rings is 1. The summed E-state index contributed by atoms with van der Waals surface area (Å²) >= 11 is 0. The van der Waals surface area contributed by atoms with E-state index in [0.29, 0.717) is 45.5 Å². The molecule has 26 heavy (non-hydrogen) atoms. The number of hydrogen-bond acceptors (Lipinski definition) is 6. The Balaban J connectivity index is 2.07. The lowest BCUT2D eigenvalue weighted by Gasteiger charge is -2.27. The summed E-state index contributed by atoms with van der Waals surface area (Å²) in [5, 5.41) is 0. The van der Waals surface area contributed by atoms with E-state index in [9.17, 15) is 19.2 Å². The average Bonchev–Trinajstić information content (AvgIpc) is 2.59. The third-order valence-electron chi connectivity index (χ3n) is 4.69. The second-order valence-corrected chi connectivity index (χ2v) is 6.55. The van der Waals surface area contributed by atoms with Gasteiger partial charge in [-0.25, -0.2) is 4.79 Å². The number of quaternary nitrogens is 1. The Morgan fingerprint density at radius 2 is 1.92 bits per heavy atom. The molecule has 2 heterocycles. The normalized spacial score (nSPS) is 19.9. The van der Waals surface area contributed by atoms with Gasteiger partial charge in [-0.15, -0.1) is 0 Å². The highest BCUT2D eigenvalue weighted by molar-refractivity contribution is 6.00. The van der Waals surface area contributed by atoms with Gasteiger partial charge in [0.1, 0.15) is 17.9 Å². The number of hydrogen-bond donors (Lipinski definition) is 3. The zero-order chi connectivity index (χ0) is 19.3. The smallest absolute Gasteiger partial charge is 0.329 e. The minimum atomic E-state index is -0.745. The molecule has 0 bridgehead atoms. The van der Waals surface area contributed by atoms with E-state index >= 15 is 0 Å². The predicted octanol–water partition coefficient (Wildman–Crippen LogP) is -1.43. The summed E-state index contributed by atoms with van der Waals surface area (Å²) in [4.78, 5) is 51.5. The Bertz CT molecular complexity index is 774. The van der Waals surface area contributed by atoms with Crippen molar-refractivity contribution in [3.63, 3.8) is 0 Å². The van der Waals surface area contributed by atoms with Crippen molar-refractivity contribution in [3.8, 4) is 0 Å².